The first-order valence-corrected chi connectivity index (χ1v) is 8.04. The van der Waals surface area contributed by atoms with Crippen LogP contribution in [0.2, 0.25) is 0 Å². The van der Waals surface area contributed by atoms with E-state index in [0.717, 1.165) is 37.6 Å². The second kappa shape index (κ2) is 5.97. The summed E-state index contributed by atoms with van der Waals surface area (Å²) in [6.45, 7) is 6.05. The molecular weight excluding hydrogens is 284 g/mol. The van der Waals surface area contributed by atoms with Gasteiger partial charge in [0.15, 0.2) is 0 Å². The number of fused-ring (bicyclic) bond motifs is 1. The lowest BCUT2D eigenvalue weighted by molar-refractivity contribution is 0.205. The van der Waals surface area contributed by atoms with E-state index < -0.39 is 0 Å². The summed E-state index contributed by atoms with van der Waals surface area (Å²) in [6.07, 6.45) is 1.82. The number of rotatable bonds is 3. The van der Waals surface area contributed by atoms with Crippen LogP contribution in [-0.4, -0.2) is 26.2 Å². The van der Waals surface area contributed by atoms with Crippen molar-refractivity contribution >= 4 is 0 Å². The van der Waals surface area contributed by atoms with Crippen molar-refractivity contribution in [1.29, 1.82) is 0 Å². The van der Waals surface area contributed by atoms with Crippen molar-refractivity contribution < 1.29 is 0 Å². The Balaban J connectivity index is 1.52. The second-order valence-corrected chi connectivity index (χ2v) is 6.16. The SMILES string of the molecule is Cc1cccc(CN2CCn3nc(-c4ccccn4)cc3C2)c1. The molecule has 4 rings (SSSR count). The maximum Gasteiger partial charge on any atom is 0.111 e. The zero-order chi connectivity index (χ0) is 15.6. The maximum absolute atomic E-state index is 4.70. The van der Waals surface area contributed by atoms with E-state index in [1.54, 1.807) is 0 Å². The topological polar surface area (TPSA) is 34.0 Å². The molecule has 0 N–H and O–H groups in total. The highest BCUT2D eigenvalue weighted by atomic mass is 15.3. The van der Waals surface area contributed by atoms with E-state index >= 15 is 0 Å². The molecular formula is C19H20N4. The lowest BCUT2D eigenvalue weighted by Crippen LogP contribution is -2.33. The zero-order valence-corrected chi connectivity index (χ0v) is 13.3. The van der Waals surface area contributed by atoms with Crippen molar-refractivity contribution in [2.45, 2.75) is 26.6 Å². The molecule has 0 bridgehead atoms. The van der Waals surface area contributed by atoms with Crippen molar-refractivity contribution in [1.82, 2.24) is 19.7 Å². The lowest BCUT2D eigenvalue weighted by atomic mass is 10.1. The fourth-order valence-corrected chi connectivity index (χ4v) is 3.16. The number of benzene rings is 1. The highest BCUT2D eigenvalue weighted by molar-refractivity contribution is 5.54. The average molecular weight is 304 g/mol. The van der Waals surface area contributed by atoms with E-state index in [4.69, 9.17) is 5.10 Å². The predicted molar refractivity (Wildman–Crippen MR) is 90.8 cm³/mol. The Morgan fingerprint density at radius 1 is 1.00 bits per heavy atom. The van der Waals surface area contributed by atoms with Crippen LogP contribution in [0.3, 0.4) is 0 Å². The number of nitrogens with zero attached hydrogens (tertiary/aromatic N) is 4. The molecule has 0 fully saturated rings. The van der Waals surface area contributed by atoms with Crippen LogP contribution < -0.4 is 0 Å². The molecule has 1 aromatic carbocycles. The first-order valence-electron chi connectivity index (χ1n) is 8.04. The number of hydrogen-bond donors (Lipinski definition) is 0. The summed E-state index contributed by atoms with van der Waals surface area (Å²) in [5, 5.41) is 4.70. The molecule has 1 aliphatic rings. The Morgan fingerprint density at radius 2 is 1.96 bits per heavy atom. The number of pyridine rings is 1. The molecule has 0 spiro atoms. The molecule has 3 aromatic rings. The van der Waals surface area contributed by atoms with Crippen molar-refractivity contribution in [2.75, 3.05) is 6.54 Å². The third kappa shape index (κ3) is 3.03. The Bertz CT molecular complexity index is 807. The van der Waals surface area contributed by atoms with Gasteiger partial charge in [-0.05, 0) is 30.7 Å². The summed E-state index contributed by atoms with van der Waals surface area (Å²) in [5.41, 5.74) is 5.88. The number of aryl methyl sites for hydroxylation is 1. The smallest absolute Gasteiger partial charge is 0.111 e. The Hall–Kier alpha value is -2.46. The molecule has 0 aliphatic carbocycles. The van der Waals surface area contributed by atoms with Gasteiger partial charge in [-0.3, -0.25) is 14.6 Å². The van der Waals surface area contributed by atoms with Crippen LogP contribution in [0.5, 0.6) is 0 Å². The first kappa shape index (κ1) is 14.2. The Labute approximate surface area is 136 Å². The minimum absolute atomic E-state index is 0.938. The van der Waals surface area contributed by atoms with Crippen LogP contribution in [-0.2, 0) is 19.6 Å². The van der Waals surface area contributed by atoms with E-state index in [9.17, 15) is 0 Å². The van der Waals surface area contributed by atoms with Crippen LogP contribution in [0.15, 0.2) is 54.7 Å². The first-order chi connectivity index (χ1) is 11.3. The van der Waals surface area contributed by atoms with Gasteiger partial charge in [-0.15, -0.1) is 0 Å². The van der Waals surface area contributed by atoms with Gasteiger partial charge in [-0.1, -0.05) is 35.9 Å². The molecule has 3 heterocycles. The van der Waals surface area contributed by atoms with Crippen LogP contribution >= 0.6 is 0 Å². The molecule has 4 nitrogen and oxygen atoms in total. The quantitative estimate of drug-likeness (QED) is 0.745. The highest BCUT2D eigenvalue weighted by Crippen LogP contribution is 2.21. The monoisotopic (exact) mass is 304 g/mol. The molecule has 4 heteroatoms. The molecule has 0 saturated carbocycles. The summed E-state index contributed by atoms with van der Waals surface area (Å²) in [4.78, 5) is 6.88. The standard InChI is InChI=1S/C19H20N4/c1-15-5-4-6-16(11-15)13-22-9-10-23-17(14-22)12-19(21-23)18-7-2-3-8-20-18/h2-8,11-12H,9-10,13-14H2,1H3. The molecule has 0 radical (unpaired) electrons. The summed E-state index contributed by atoms with van der Waals surface area (Å²) in [7, 11) is 0. The van der Waals surface area contributed by atoms with Gasteiger partial charge < -0.3 is 0 Å². The molecule has 1 aliphatic heterocycles. The average Bonchev–Trinajstić information content (AvgIpc) is 2.99. The largest absolute Gasteiger partial charge is 0.291 e. The van der Waals surface area contributed by atoms with Crippen molar-refractivity contribution in [2.24, 2.45) is 0 Å². The maximum atomic E-state index is 4.70. The van der Waals surface area contributed by atoms with Gasteiger partial charge >= 0.3 is 0 Å². The van der Waals surface area contributed by atoms with Crippen molar-refractivity contribution in [3.63, 3.8) is 0 Å². The lowest BCUT2D eigenvalue weighted by Gasteiger charge is -2.27. The van der Waals surface area contributed by atoms with Gasteiger partial charge in [0, 0.05) is 25.8 Å². The summed E-state index contributed by atoms with van der Waals surface area (Å²) in [5.74, 6) is 0. The van der Waals surface area contributed by atoms with Crippen LogP contribution in [0.4, 0.5) is 0 Å². The molecule has 2 aromatic heterocycles. The molecule has 0 unspecified atom stereocenters. The van der Waals surface area contributed by atoms with Crippen molar-refractivity contribution in [3.05, 3.63) is 71.5 Å². The van der Waals surface area contributed by atoms with Crippen LogP contribution in [0, 0.1) is 6.92 Å². The Morgan fingerprint density at radius 3 is 2.78 bits per heavy atom. The van der Waals surface area contributed by atoms with E-state index in [-0.39, 0.29) is 0 Å². The van der Waals surface area contributed by atoms with Gasteiger partial charge in [-0.25, -0.2) is 0 Å². The minimum atomic E-state index is 0.938. The number of aromatic nitrogens is 3. The molecule has 0 saturated heterocycles. The normalized spacial score (nSPS) is 14.7. The molecule has 0 atom stereocenters. The minimum Gasteiger partial charge on any atom is -0.291 e. The van der Waals surface area contributed by atoms with E-state index in [1.807, 2.05) is 24.4 Å². The predicted octanol–water partition coefficient (Wildman–Crippen LogP) is 3.27. The fourth-order valence-electron chi connectivity index (χ4n) is 3.16. The summed E-state index contributed by atoms with van der Waals surface area (Å²) in [6, 6.07) is 16.9. The number of hydrogen-bond acceptors (Lipinski definition) is 3. The van der Waals surface area contributed by atoms with Gasteiger partial charge in [0.25, 0.3) is 0 Å². The molecule has 23 heavy (non-hydrogen) atoms. The fraction of sp³-hybridized carbons (Fsp3) is 0.263. The van der Waals surface area contributed by atoms with E-state index in [1.165, 1.54) is 16.8 Å². The summed E-state index contributed by atoms with van der Waals surface area (Å²) < 4.78 is 2.12. The molecule has 0 amide bonds. The van der Waals surface area contributed by atoms with E-state index in [0.29, 0.717) is 0 Å². The van der Waals surface area contributed by atoms with Gasteiger partial charge in [-0.2, -0.15) is 5.10 Å². The molecule has 116 valence electrons. The van der Waals surface area contributed by atoms with E-state index in [2.05, 4.69) is 51.8 Å². The van der Waals surface area contributed by atoms with Gasteiger partial charge in [0.2, 0.25) is 0 Å². The van der Waals surface area contributed by atoms with Crippen LogP contribution in [0.1, 0.15) is 16.8 Å². The van der Waals surface area contributed by atoms with Crippen molar-refractivity contribution in [3.8, 4) is 11.4 Å². The third-order valence-corrected chi connectivity index (χ3v) is 4.29. The summed E-state index contributed by atoms with van der Waals surface area (Å²) >= 11 is 0. The van der Waals surface area contributed by atoms with Gasteiger partial charge in [0.1, 0.15) is 5.69 Å². The second-order valence-electron chi connectivity index (χ2n) is 6.16. The third-order valence-electron chi connectivity index (χ3n) is 4.29. The highest BCUT2D eigenvalue weighted by Gasteiger charge is 2.19. The Kier molecular flexibility index (Phi) is 3.67. The van der Waals surface area contributed by atoms with Crippen LogP contribution in [0.25, 0.3) is 11.4 Å². The zero-order valence-electron chi connectivity index (χ0n) is 13.3. The van der Waals surface area contributed by atoms with Gasteiger partial charge in [0.05, 0.1) is 17.9 Å².